The van der Waals surface area contributed by atoms with Gasteiger partial charge in [-0.3, -0.25) is 0 Å². The van der Waals surface area contributed by atoms with Gasteiger partial charge in [-0.15, -0.1) is 0 Å². The molecule has 0 amide bonds. The number of hydrogen-bond donors (Lipinski definition) is 0. The molecule has 0 atom stereocenters. The van der Waals surface area contributed by atoms with Gasteiger partial charge in [-0.1, -0.05) is 6.58 Å². The third-order valence-electron chi connectivity index (χ3n) is 1.50. The van der Waals surface area contributed by atoms with E-state index in [9.17, 15) is 4.79 Å². The Hall–Kier alpha value is -0.870. The average Bonchev–Trinajstić information content (AvgIpc) is 2.16. The standard InChI is InChI=1S/C8H12O4/c1-2-8(9)12-5-7-3-10-6-11-4-7/h2,7H,1,3-6H2. The molecule has 1 saturated heterocycles. The van der Waals surface area contributed by atoms with Gasteiger partial charge in [0.15, 0.2) is 0 Å². The highest BCUT2D eigenvalue weighted by atomic mass is 16.7. The summed E-state index contributed by atoms with van der Waals surface area (Å²) in [6, 6.07) is 0. The van der Waals surface area contributed by atoms with Crippen molar-refractivity contribution in [2.75, 3.05) is 26.6 Å². The van der Waals surface area contributed by atoms with Crippen molar-refractivity contribution in [3.8, 4) is 0 Å². The number of esters is 1. The Morgan fingerprint density at radius 2 is 2.25 bits per heavy atom. The Kier molecular flexibility index (Phi) is 3.76. The Balaban J connectivity index is 2.12. The molecule has 4 heteroatoms. The minimum Gasteiger partial charge on any atom is -0.462 e. The second-order valence-corrected chi connectivity index (χ2v) is 2.56. The highest BCUT2D eigenvalue weighted by Gasteiger charge is 2.15. The van der Waals surface area contributed by atoms with Crippen LogP contribution in [-0.2, 0) is 19.0 Å². The highest BCUT2D eigenvalue weighted by Crippen LogP contribution is 2.05. The van der Waals surface area contributed by atoms with E-state index >= 15 is 0 Å². The lowest BCUT2D eigenvalue weighted by Gasteiger charge is -2.21. The monoisotopic (exact) mass is 172 g/mol. The predicted octanol–water partition coefficient (Wildman–Crippen LogP) is 0.336. The molecule has 0 bridgehead atoms. The van der Waals surface area contributed by atoms with Crippen molar-refractivity contribution in [1.82, 2.24) is 0 Å². The number of carbonyl (C=O) groups is 1. The van der Waals surface area contributed by atoms with Crippen LogP contribution in [0.2, 0.25) is 0 Å². The van der Waals surface area contributed by atoms with Crippen molar-refractivity contribution in [2.24, 2.45) is 5.92 Å². The molecule has 0 aliphatic carbocycles. The molecular formula is C8H12O4. The van der Waals surface area contributed by atoms with Gasteiger partial charge in [0.2, 0.25) is 0 Å². The maximum absolute atomic E-state index is 10.6. The Morgan fingerprint density at radius 3 is 2.83 bits per heavy atom. The van der Waals surface area contributed by atoms with Crippen LogP contribution in [-0.4, -0.2) is 32.6 Å². The van der Waals surface area contributed by atoms with E-state index in [-0.39, 0.29) is 5.92 Å². The lowest BCUT2D eigenvalue weighted by molar-refractivity contribution is -0.153. The minimum absolute atomic E-state index is 0.155. The Morgan fingerprint density at radius 1 is 1.58 bits per heavy atom. The zero-order valence-corrected chi connectivity index (χ0v) is 6.82. The summed E-state index contributed by atoms with van der Waals surface area (Å²) in [6.45, 7) is 5.14. The predicted molar refractivity (Wildman–Crippen MR) is 41.4 cm³/mol. The summed E-state index contributed by atoms with van der Waals surface area (Å²) in [4.78, 5) is 10.6. The molecule has 68 valence electrons. The van der Waals surface area contributed by atoms with Crippen LogP contribution in [0.4, 0.5) is 0 Å². The first kappa shape index (κ1) is 9.22. The third kappa shape index (κ3) is 3.02. The third-order valence-corrected chi connectivity index (χ3v) is 1.50. The van der Waals surface area contributed by atoms with Gasteiger partial charge in [-0.2, -0.15) is 0 Å². The van der Waals surface area contributed by atoms with Crippen LogP contribution in [0.3, 0.4) is 0 Å². The van der Waals surface area contributed by atoms with Crippen molar-refractivity contribution in [1.29, 1.82) is 0 Å². The first-order valence-electron chi connectivity index (χ1n) is 3.77. The normalized spacial score (nSPS) is 18.7. The quantitative estimate of drug-likeness (QED) is 0.454. The maximum atomic E-state index is 10.6. The summed E-state index contributed by atoms with van der Waals surface area (Å²) in [5.41, 5.74) is 0. The largest absolute Gasteiger partial charge is 0.462 e. The Bertz CT molecular complexity index is 160. The van der Waals surface area contributed by atoms with E-state index in [0.717, 1.165) is 6.08 Å². The van der Waals surface area contributed by atoms with Gasteiger partial charge in [-0.25, -0.2) is 4.79 Å². The molecule has 0 N–H and O–H groups in total. The van der Waals surface area contributed by atoms with Gasteiger partial charge >= 0.3 is 5.97 Å². The van der Waals surface area contributed by atoms with Gasteiger partial charge < -0.3 is 14.2 Å². The number of carbonyl (C=O) groups excluding carboxylic acids is 1. The van der Waals surface area contributed by atoms with E-state index in [1.807, 2.05) is 0 Å². The first-order valence-corrected chi connectivity index (χ1v) is 3.77. The molecule has 1 aliphatic rings. The van der Waals surface area contributed by atoms with E-state index in [1.54, 1.807) is 0 Å². The molecule has 0 aromatic rings. The molecule has 0 spiro atoms. The van der Waals surface area contributed by atoms with E-state index in [2.05, 4.69) is 6.58 Å². The molecule has 0 unspecified atom stereocenters. The van der Waals surface area contributed by atoms with E-state index in [0.29, 0.717) is 26.6 Å². The van der Waals surface area contributed by atoms with Crippen LogP contribution in [0.25, 0.3) is 0 Å². The van der Waals surface area contributed by atoms with Crippen molar-refractivity contribution >= 4 is 5.97 Å². The lowest BCUT2D eigenvalue weighted by atomic mass is 10.2. The van der Waals surface area contributed by atoms with E-state index in [4.69, 9.17) is 14.2 Å². The smallest absolute Gasteiger partial charge is 0.330 e. The SMILES string of the molecule is C=CC(=O)OCC1COCOC1. The summed E-state index contributed by atoms with van der Waals surface area (Å²) in [7, 11) is 0. The topological polar surface area (TPSA) is 44.8 Å². The zero-order chi connectivity index (χ0) is 8.81. The first-order chi connectivity index (χ1) is 5.83. The zero-order valence-electron chi connectivity index (χ0n) is 6.82. The fraction of sp³-hybridized carbons (Fsp3) is 0.625. The average molecular weight is 172 g/mol. The van der Waals surface area contributed by atoms with Crippen LogP contribution in [0.15, 0.2) is 12.7 Å². The minimum atomic E-state index is -0.402. The maximum Gasteiger partial charge on any atom is 0.330 e. The van der Waals surface area contributed by atoms with Crippen molar-refractivity contribution in [3.05, 3.63) is 12.7 Å². The van der Waals surface area contributed by atoms with Crippen molar-refractivity contribution in [3.63, 3.8) is 0 Å². The number of hydrogen-bond acceptors (Lipinski definition) is 4. The summed E-state index contributed by atoms with van der Waals surface area (Å²) < 4.78 is 14.8. The van der Waals surface area contributed by atoms with Crippen LogP contribution in [0.1, 0.15) is 0 Å². The van der Waals surface area contributed by atoms with E-state index < -0.39 is 5.97 Å². The lowest BCUT2D eigenvalue weighted by Crippen LogP contribution is -2.28. The fourth-order valence-corrected chi connectivity index (χ4v) is 0.892. The summed E-state index contributed by atoms with van der Waals surface area (Å²) in [6.07, 6.45) is 1.14. The molecule has 0 aromatic carbocycles. The van der Waals surface area contributed by atoms with Gasteiger partial charge in [0, 0.05) is 12.0 Å². The van der Waals surface area contributed by atoms with Gasteiger partial charge in [0.05, 0.1) is 19.8 Å². The molecule has 0 radical (unpaired) electrons. The van der Waals surface area contributed by atoms with E-state index in [1.165, 1.54) is 0 Å². The number of rotatable bonds is 3. The highest BCUT2D eigenvalue weighted by molar-refractivity contribution is 5.81. The van der Waals surface area contributed by atoms with Crippen LogP contribution >= 0.6 is 0 Å². The molecule has 1 rings (SSSR count). The molecule has 1 aliphatic heterocycles. The molecule has 0 saturated carbocycles. The van der Waals surface area contributed by atoms with Crippen molar-refractivity contribution in [2.45, 2.75) is 0 Å². The van der Waals surface area contributed by atoms with Crippen LogP contribution in [0.5, 0.6) is 0 Å². The molecule has 12 heavy (non-hydrogen) atoms. The van der Waals surface area contributed by atoms with Crippen LogP contribution < -0.4 is 0 Å². The van der Waals surface area contributed by atoms with Crippen LogP contribution in [0, 0.1) is 5.92 Å². The second kappa shape index (κ2) is 4.90. The Labute approximate surface area is 71.1 Å². The van der Waals surface area contributed by atoms with Crippen molar-refractivity contribution < 1.29 is 19.0 Å². The van der Waals surface area contributed by atoms with Gasteiger partial charge in [0.1, 0.15) is 6.79 Å². The summed E-state index contributed by atoms with van der Waals surface area (Å²) in [5, 5.41) is 0. The second-order valence-electron chi connectivity index (χ2n) is 2.56. The molecule has 0 aromatic heterocycles. The fourth-order valence-electron chi connectivity index (χ4n) is 0.892. The molecular weight excluding hydrogens is 160 g/mol. The number of ether oxygens (including phenoxy) is 3. The molecule has 4 nitrogen and oxygen atoms in total. The molecule has 1 fully saturated rings. The van der Waals surface area contributed by atoms with Gasteiger partial charge in [0.25, 0.3) is 0 Å². The van der Waals surface area contributed by atoms with Gasteiger partial charge in [-0.05, 0) is 0 Å². The summed E-state index contributed by atoms with van der Waals surface area (Å²) >= 11 is 0. The summed E-state index contributed by atoms with van der Waals surface area (Å²) in [5.74, 6) is -0.247. The molecule has 1 heterocycles.